The van der Waals surface area contributed by atoms with Crippen molar-refractivity contribution in [2.75, 3.05) is 0 Å². The Morgan fingerprint density at radius 3 is 2.69 bits per heavy atom. The van der Waals surface area contributed by atoms with E-state index >= 15 is 0 Å². The Bertz CT molecular complexity index is 1010. The number of carbonyl (C=O) groups is 1. The van der Waals surface area contributed by atoms with Crippen molar-refractivity contribution in [1.29, 1.82) is 0 Å². The monoisotopic (exact) mass is 393 g/mol. The second-order valence-electron chi connectivity index (χ2n) is 8.45. The summed E-state index contributed by atoms with van der Waals surface area (Å²) in [7, 11) is 0. The van der Waals surface area contributed by atoms with Crippen LogP contribution in [0.5, 0.6) is 5.95 Å². The molecule has 5 heteroatoms. The van der Waals surface area contributed by atoms with Gasteiger partial charge in [-0.15, -0.1) is 0 Å². The Morgan fingerprint density at radius 2 is 2.00 bits per heavy atom. The van der Waals surface area contributed by atoms with Gasteiger partial charge in [0.2, 0.25) is 5.88 Å². The van der Waals surface area contributed by atoms with Crippen molar-refractivity contribution in [3.63, 3.8) is 0 Å². The Balaban J connectivity index is 1.80. The van der Waals surface area contributed by atoms with Gasteiger partial charge in [-0.3, -0.25) is 4.57 Å². The highest BCUT2D eigenvalue weighted by Gasteiger charge is 2.33. The Kier molecular flexibility index (Phi) is 4.99. The topological polar surface area (TPSA) is 64.6 Å². The van der Waals surface area contributed by atoms with Gasteiger partial charge < -0.3 is 14.3 Å². The van der Waals surface area contributed by atoms with Crippen molar-refractivity contribution in [3.8, 4) is 23.1 Å². The first-order chi connectivity index (χ1) is 13.9. The fraction of sp³-hybridized carbons (Fsp3) is 0.375. The molecule has 2 heterocycles. The molecule has 152 valence electrons. The van der Waals surface area contributed by atoms with E-state index in [9.17, 15) is 4.79 Å². The lowest BCUT2D eigenvalue weighted by atomic mass is 9.69. The van der Waals surface area contributed by atoms with Gasteiger partial charge in [-0.2, -0.15) is 0 Å². The molecule has 1 aromatic carbocycles. The summed E-state index contributed by atoms with van der Waals surface area (Å²) in [6, 6.07) is 15.8. The van der Waals surface area contributed by atoms with Crippen LogP contribution in [0.1, 0.15) is 44.9 Å². The van der Waals surface area contributed by atoms with E-state index < -0.39 is 6.16 Å². The number of carboxylic acid groups (broad SMARTS) is 1. The maximum absolute atomic E-state index is 10.9. The van der Waals surface area contributed by atoms with Gasteiger partial charge in [-0.25, -0.2) is 4.79 Å². The fourth-order valence-corrected chi connectivity index (χ4v) is 4.33. The second-order valence-corrected chi connectivity index (χ2v) is 8.45. The van der Waals surface area contributed by atoms with Gasteiger partial charge in [0.25, 0.3) is 5.95 Å². The summed E-state index contributed by atoms with van der Waals surface area (Å²) < 4.78 is 12.6. The number of aromatic nitrogens is 1. The first kappa shape index (κ1) is 19.4. The van der Waals surface area contributed by atoms with Crippen molar-refractivity contribution in [3.05, 3.63) is 59.8 Å². The molecule has 1 unspecified atom stereocenters. The molecule has 0 saturated heterocycles. The van der Waals surface area contributed by atoms with Crippen LogP contribution in [0.25, 0.3) is 17.1 Å². The predicted molar refractivity (Wildman–Crippen MR) is 112 cm³/mol. The van der Waals surface area contributed by atoms with Crippen LogP contribution in [0, 0.1) is 11.3 Å². The molecule has 0 saturated carbocycles. The Hall–Kier alpha value is -2.95. The molecule has 0 aliphatic heterocycles. The average Bonchev–Trinajstić information content (AvgIpc) is 3.31. The van der Waals surface area contributed by atoms with Crippen LogP contribution in [-0.4, -0.2) is 15.8 Å². The van der Waals surface area contributed by atoms with Gasteiger partial charge >= 0.3 is 6.16 Å². The second kappa shape index (κ2) is 7.47. The molecule has 0 bridgehead atoms. The highest BCUT2D eigenvalue weighted by molar-refractivity contribution is 5.66. The predicted octanol–water partition coefficient (Wildman–Crippen LogP) is 6.34. The van der Waals surface area contributed by atoms with Gasteiger partial charge in [0.05, 0.1) is 5.69 Å². The molecule has 0 fully saturated rings. The summed E-state index contributed by atoms with van der Waals surface area (Å²) in [6.07, 6.45) is 2.92. The number of fused-ring (bicyclic) bond motifs is 1. The van der Waals surface area contributed by atoms with E-state index in [1.54, 1.807) is 12.1 Å². The highest BCUT2D eigenvalue weighted by atomic mass is 16.7. The number of ether oxygens (including phenoxy) is 1. The van der Waals surface area contributed by atoms with Crippen molar-refractivity contribution in [1.82, 2.24) is 4.57 Å². The number of rotatable bonds is 5. The van der Waals surface area contributed by atoms with Crippen LogP contribution in [0.4, 0.5) is 4.79 Å². The summed E-state index contributed by atoms with van der Waals surface area (Å²) >= 11 is 0. The standard InChI is InChI=1S/C24H27NO4/c1-4-24(2,3)18-10-11-19-17(14-18)15-20(16-8-6-5-7-9-16)25(19)21-12-13-22(28-21)29-23(26)27/h5-9,12-13,15,18H,4,10-11,14H2,1-3H3,(H,26,27). The van der Waals surface area contributed by atoms with E-state index in [0.717, 1.165) is 36.9 Å². The zero-order valence-corrected chi connectivity index (χ0v) is 17.1. The van der Waals surface area contributed by atoms with E-state index in [4.69, 9.17) is 14.3 Å². The zero-order valence-electron chi connectivity index (χ0n) is 17.1. The third kappa shape index (κ3) is 3.69. The molecule has 0 spiro atoms. The molecule has 29 heavy (non-hydrogen) atoms. The zero-order chi connectivity index (χ0) is 20.6. The first-order valence-corrected chi connectivity index (χ1v) is 10.2. The van der Waals surface area contributed by atoms with Crippen LogP contribution in [0.2, 0.25) is 0 Å². The largest absolute Gasteiger partial charge is 0.513 e. The summed E-state index contributed by atoms with van der Waals surface area (Å²) in [4.78, 5) is 10.9. The molecular formula is C24H27NO4. The molecule has 5 nitrogen and oxygen atoms in total. The summed E-state index contributed by atoms with van der Waals surface area (Å²) in [5.41, 5.74) is 5.05. The third-order valence-corrected chi connectivity index (χ3v) is 6.45. The Labute approximate surface area is 170 Å². The molecule has 2 aromatic heterocycles. The molecule has 1 aliphatic rings. The van der Waals surface area contributed by atoms with Crippen LogP contribution in [-0.2, 0) is 12.8 Å². The van der Waals surface area contributed by atoms with Crippen molar-refractivity contribution in [2.24, 2.45) is 11.3 Å². The van der Waals surface area contributed by atoms with Crippen LogP contribution >= 0.6 is 0 Å². The van der Waals surface area contributed by atoms with E-state index in [-0.39, 0.29) is 5.95 Å². The van der Waals surface area contributed by atoms with E-state index in [1.165, 1.54) is 11.3 Å². The number of nitrogens with zero attached hydrogens (tertiary/aromatic N) is 1. The van der Waals surface area contributed by atoms with Crippen molar-refractivity contribution < 1.29 is 19.1 Å². The molecule has 0 radical (unpaired) electrons. The SMILES string of the molecule is CCC(C)(C)C1CCc2c(cc(-c3ccccc3)n2-c2ccc(OC(=O)O)o2)C1. The van der Waals surface area contributed by atoms with Crippen LogP contribution in [0.15, 0.2) is 52.9 Å². The number of benzene rings is 1. The van der Waals surface area contributed by atoms with E-state index in [2.05, 4.69) is 43.5 Å². The minimum Gasteiger partial charge on any atom is -0.449 e. The normalized spacial score (nSPS) is 16.4. The highest BCUT2D eigenvalue weighted by Crippen LogP contribution is 2.43. The molecule has 1 N–H and O–H groups in total. The summed E-state index contributed by atoms with van der Waals surface area (Å²) in [5.74, 6) is 1.20. The van der Waals surface area contributed by atoms with Gasteiger partial charge in [0, 0.05) is 17.8 Å². The van der Waals surface area contributed by atoms with Gasteiger partial charge in [-0.1, -0.05) is 57.5 Å². The maximum atomic E-state index is 10.9. The number of furan rings is 1. The average molecular weight is 393 g/mol. The summed E-state index contributed by atoms with van der Waals surface area (Å²) in [6.45, 7) is 6.99. The van der Waals surface area contributed by atoms with Gasteiger partial charge in [0.1, 0.15) is 0 Å². The van der Waals surface area contributed by atoms with Crippen molar-refractivity contribution in [2.45, 2.75) is 46.5 Å². The maximum Gasteiger partial charge on any atom is 0.513 e. The number of hydrogen-bond donors (Lipinski definition) is 1. The van der Waals surface area contributed by atoms with Gasteiger partial charge in [0.15, 0.2) is 0 Å². The van der Waals surface area contributed by atoms with Crippen LogP contribution < -0.4 is 4.74 Å². The van der Waals surface area contributed by atoms with Crippen LogP contribution in [0.3, 0.4) is 0 Å². The summed E-state index contributed by atoms with van der Waals surface area (Å²) in [5, 5.41) is 8.87. The number of hydrogen-bond acceptors (Lipinski definition) is 3. The lowest BCUT2D eigenvalue weighted by molar-refractivity contribution is 0.133. The third-order valence-electron chi connectivity index (χ3n) is 6.45. The lowest BCUT2D eigenvalue weighted by Gasteiger charge is -2.36. The molecular weight excluding hydrogens is 366 g/mol. The Morgan fingerprint density at radius 1 is 1.24 bits per heavy atom. The van der Waals surface area contributed by atoms with E-state index in [0.29, 0.717) is 17.2 Å². The smallest absolute Gasteiger partial charge is 0.449 e. The van der Waals surface area contributed by atoms with Crippen molar-refractivity contribution >= 4 is 6.16 Å². The molecule has 1 atom stereocenters. The molecule has 1 aliphatic carbocycles. The molecule has 0 amide bonds. The quantitative estimate of drug-likeness (QED) is 0.514. The first-order valence-electron chi connectivity index (χ1n) is 10.2. The molecule has 3 aromatic rings. The minimum atomic E-state index is -1.38. The fourth-order valence-electron chi connectivity index (χ4n) is 4.33. The minimum absolute atomic E-state index is 0.0187. The van der Waals surface area contributed by atoms with E-state index in [1.807, 2.05) is 18.2 Å². The molecule has 4 rings (SSSR count). The lowest BCUT2D eigenvalue weighted by Crippen LogP contribution is -2.29. The van der Waals surface area contributed by atoms with Gasteiger partial charge in [-0.05, 0) is 47.8 Å².